The van der Waals surface area contributed by atoms with Crippen molar-refractivity contribution in [3.05, 3.63) is 92.1 Å². The van der Waals surface area contributed by atoms with Crippen molar-refractivity contribution in [2.75, 3.05) is 0 Å². The predicted octanol–water partition coefficient (Wildman–Crippen LogP) is 2.44. The Labute approximate surface area is 141 Å². The number of aromatic hydroxyl groups is 1. The lowest BCUT2D eigenvalue weighted by Gasteiger charge is -2.06. The molecule has 2 heterocycles. The number of rotatable bonds is 2. The van der Waals surface area contributed by atoms with Gasteiger partial charge in [-0.15, -0.1) is 0 Å². The molecule has 122 valence electrons. The summed E-state index contributed by atoms with van der Waals surface area (Å²) >= 11 is 0. The average molecular weight is 331 g/mol. The van der Waals surface area contributed by atoms with Gasteiger partial charge in [0.05, 0.1) is 11.4 Å². The standard InChI is InChI=1S/C19H13N3O3/c23-17-14(18(24)22-19(25)21-17)10-13-12-8-4-5-9-15(12)20-16(13)11-6-2-1-3-7-11/h1-10H,(H3,21,22,23,24,25)/b13-10+. The van der Waals surface area contributed by atoms with Crippen molar-refractivity contribution in [2.24, 2.45) is 4.99 Å². The van der Waals surface area contributed by atoms with E-state index in [4.69, 9.17) is 0 Å². The fourth-order valence-corrected chi connectivity index (χ4v) is 2.83. The third-order valence-electron chi connectivity index (χ3n) is 3.98. The minimum absolute atomic E-state index is 0.0186. The van der Waals surface area contributed by atoms with Gasteiger partial charge in [0.15, 0.2) is 0 Å². The number of para-hydroxylation sites is 1. The summed E-state index contributed by atoms with van der Waals surface area (Å²) in [5, 5.41) is 9.98. The SMILES string of the molecule is O=c1[nH]c(O)c(/C=C2/C(c3ccccc3)=Nc3ccccc32)c(=O)[nH]1. The highest BCUT2D eigenvalue weighted by molar-refractivity contribution is 6.38. The van der Waals surface area contributed by atoms with Gasteiger partial charge in [0, 0.05) is 16.7 Å². The fraction of sp³-hybridized carbons (Fsp3) is 0. The van der Waals surface area contributed by atoms with Crippen LogP contribution in [0.5, 0.6) is 5.88 Å². The van der Waals surface area contributed by atoms with Gasteiger partial charge in [-0.25, -0.2) is 9.79 Å². The molecule has 0 saturated heterocycles. The number of fused-ring (bicyclic) bond motifs is 1. The zero-order valence-corrected chi connectivity index (χ0v) is 13.0. The molecule has 0 saturated carbocycles. The molecule has 0 bridgehead atoms. The number of nitrogens with one attached hydrogen (secondary N) is 2. The molecular formula is C19H13N3O3. The molecule has 25 heavy (non-hydrogen) atoms. The molecule has 0 spiro atoms. The highest BCUT2D eigenvalue weighted by Crippen LogP contribution is 2.38. The van der Waals surface area contributed by atoms with Crippen LogP contribution in [-0.4, -0.2) is 20.8 Å². The monoisotopic (exact) mass is 331 g/mol. The van der Waals surface area contributed by atoms with Crippen molar-refractivity contribution in [2.45, 2.75) is 0 Å². The summed E-state index contributed by atoms with van der Waals surface area (Å²) in [5.41, 5.74) is 2.50. The van der Waals surface area contributed by atoms with Gasteiger partial charge in [0.25, 0.3) is 5.56 Å². The van der Waals surface area contributed by atoms with Crippen LogP contribution in [-0.2, 0) is 0 Å². The Kier molecular flexibility index (Phi) is 3.43. The van der Waals surface area contributed by atoms with Crippen molar-refractivity contribution in [1.82, 2.24) is 9.97 Å². The molecule has 1 aliphatic heterocycles. The van der Waals surface area contributed by atoms with E-state index < -0.39 is 17.1 Å². The molecule has 0 radical (unpaired) electrons. The second-order valence-electron chi connectivity index (χ2n) is 5.57. The molecule has 3 N–H and O–H groups in total. The van der Waals surface area contributed by atoms with Gasteiger partial charge in [0.1, 0.15) is 5.56 Å². The third-order valence-corrected chi connectivity index (χ3v) is 3.98. The minimum atomic E-state index is -0.756. The molecule has 0 fully saturated rings. The van der Waals surface area contributed by atoms with Crippen molar-refractivity contribution in [3.63, 3.8) is 0 Å². The molecular weight excluding hydrogens is 318 g/mol. The summed E-state index contributed by atoms with van der Waals surface area (Å²) in [6.07, 6.45) is 1.54. The lowest BCUT2D eigenvalue weighted by Crippen LogP contribution is -2.23. The number of aromatic nitrogens is 2. The number of benzene rings is 2. The zero-order chi connectivity index (χ0) is 17.4. The van der Waals surface area contributed by atoms with Gasteiger partial charge in [-0.3, -0.25) is 14.8 Å². The van der Waals surface area contributed by atoms with Crippen LogP contribution in [0.3, 0.4) is 0 Å². The van der Waals surface area contributed by atoms with E-state index in [0.717, 1.165) is 16.8 Å². The topological polar surface area (TPSA) is 98.3 Å². The van der Waals surface area contributed by atoms with Gasteiger partial charge in [-0.05, 0) is 12.1 Å². The molecule has 4 rings (SSSR count). The highest BCUT2D eigenvalue weighted by atomic mass is 16.3. The fourth-order valence-electron chi connectivity index (χ4n) is 2.83. The zero-order valence-electron chi connectivity index (χ0n) is 13.0. The van der Waals surface area contributed by atoms with E-state index in [0.29, 0.717) is 11.3 Å². The summed E-state index contributed by atoms with van der Waals surface area (Å²) in [6.45, 7) is 0. The Hall–Kier alpha value is -3.67. The second kappa shape index (κ2) is 5.76. The van der Waals surface area contributed by atoms with E-state index in [-0.39, 0.29) is 5.56 Å². The van der Waals surface area contributed by atoms with Crippen LogP contribution in [0.15, 0.2) is 69.2 Å². The van der Waals surface area contributed by atoms with Crippen LogP contribution in [0.4, 0.5) is 5.69 Å². The predicted molar refractivity (Wildman–Crippen MR) is 96.3 cm³/mol. The van der Waals surface area contributed by atoms with Gasteiger partial charge in [-0.1, -0.05) is 48.5 Å². The number of aliphatic imine (C=N–C) groups is 1. The van der Waals surface area contributed by atoms with E-state index in [9.17, 15) is 14.7 Å². The first-order chi connectivity index (χ1) is 12.1. The first-order valence-electron chi connectivity index (χ1n) is 7.64. The maximum atomic E-state index is 12.1. The summed E-state index contributed by atoms with van der Waals surface area (Å²) in [7, 11) is 0. The van der Waals surface area contributed by atoms with Gasteiger partial charge in [0.2, 0.25) is 5.88 Å². The molecule has 6 nitrogen and oxygen atoms in total. The molecule has 0 amide bonds. The van der Waals surface area contributed by atoms with Gasteiger partial charge >= 0.3 is 5.69 Å². The molecule has 1 aliphatic rings. The first-order valence-corrected chi connectivity index (χ1v) is 7.64. The molecule has 2 aromatic carbocycles. The highest BCUT2D eigenvalue weighted by Gasteiger charge is 2.22. The smallest absolute Gasteiger partial charge is 0.328 e. The summed E-state index contributed by atoms with van der Waals surface area (Å²) in [4.78, 5) is 32.3. The molecule has 0 atom stereocenters. The molecule has 0 aliphatic carbocycles. The Morgan fingerprint density at radius 3 is 2.40 bits per heavy atom. The lowest BCUT2D eigenvalue weighted by molar-refractivity contribution is 0.447. The van der Waals surface area contributed by atoms with E-state index >= 15 is 0 Å². The van der Waals surface area contributed by atoms with Gasteiger partial charge in [-0.2, -0.15) is 0 Å². The van der Waals surface area contributed by atoms with Crippen molar-refractivity contribution < 1.29 is 5.11 Å². The summed E-state index contributed by atoms with van der Waals surface area (Å²) < 4.78 is 0. The Balaban J connectivity index is 1.96. The van der Waals surface area contributed by atoms with Crippen LogP contribution in [0.1, 0.15) is 16.7 Å². The van der Waals surface area contributed by atoms with E-state index in [1.54, 1.807) is 6.08 Å². The van der Waals surface area contributed by atoms with Crippen LogP contribution < -0.4 is 11.2 Å². The average Bonchev–Trinajstić information content (AvgIpc) is 2.97. The quantitative estimate of drug-likeness (QED) is 0.672. The largest absolute Gasteiger partial charge is 0.494 e. The number of aromatic amines is 2. The van der Waals surface area contributed by atoms with Crippen LogP contribution in [0, 0.1) is 0 Å². The van der Waals surface area contributed by atoms with Crippen LogP contribution in [0.25, 0.3) is 11.6 Å². The Bertz CT molecular complexity index is 1140. The lowest BCUT2D eigenvalue weighted by atomic mass is 9.96. The normalized spacial score (nSPS) is 14.4. The number of hydrogen-bond donors (Lipinski definition) is 3. The maximum Gasteiger partial charge on any atom is 0.328 e. The number of H-pyrrole nitrogens is 2. The van der Waals surface area contributed by atoms with Crippen LogP contribution >= 0.6 is 0 Å². The summed E-state index contributed by atoms with van der Waals surface area (Å²) in [5.74, 6) is -0.474. The number of nitrogens with zero attached hydrogens (tertiary/aromatic N) is 1. The number of allylic oxidation sites excluding steroid dienone is 1. The molecule has 6 heteroatoms. The Morgan fingerprint density at radius 2 is 1.64 bits per heavy atom. The minimum Gasteiger partial charge on any atom is -0.494 e. The van der Waals surface area contributed by atoms with Crippen molar-refractivity contribution >= 4 is 23.0 Å². The molecule has 3 aromatic rings. The van der Waals surface area contributed by atoms with E-state index in [2.05, 4.69) is 15.0 Å². The first kappa shape index (κ1) is 14.9. The summed E-state index contributed by atoms with van der Waals surface area (Å²) in [6, 6.07) is 17.1. The van der Waals surface area contributed by atoms with Crippen molar-refractivity contribution in [1.29, 1.82) is 0 Å². The number of hydrogen-bond acceptors (Lipinski definition) is 4. The molecule has 0 unspecified atom stereocenters. The molecule has 1 aromatic heterocycles. The van der Waals surface area contributed by atoms with E-state index in [1.165, 1.54) is 0 Å². The van der Waals surface area contributed by atoms with Crippen molar-refractivity contribution in [3.8, 4) is 5.88 Å². The third kappa shape index (κ3) is 2.59. The second-order valence-corrected chi connectivity index (χ2v) is 5.57. The van der Waals surface area contributed by atoms with Gasteiger partial charge < -0.3 is 5.11 Å². The Morgan fingerprint density at radius 1 is 0.920 bits per heavy atom. The van der Waals surface area contributed by atoms with E-state index in [1.807, 2.05) is 54.6 Å². The van der Waals surface area contributed by atoms with Crippen LogP contribution in [0.2, 0.25) is 0 Å². The maximum absolute atomic E-state index is 12.1.